The Bertz CT molecular complexity index is 719. The highest BCUT2D eigenvalue weighted by Crippen LogP contribution is 2.23. The van der Waals surface area contributed by atoms with Crippen molar-refractivity contribution in [2.24, 2.45) is 5.92 Å². The second-order valence-electron chi connectivity index (χ2n) is 5.27. The van der Waals surface area contributed by atoms with Crippen molar-refractivity contribution in [2.75, 3.05) is 5.32 Å². The van der Waals surface area contributed by atoms with E-state index >= 15 is 0 Å². The highest BCUT2D eigenvalue weighted by molar-refractivity contribution is 5.83. The van der Waals surface area contributed by atoms with E-state index in [0.29, 0.717) is 5.92 Å². The van der Waals surface area contributed by atoms with E-state index in [9.17, 15) is 0 Å². The molecule has 0 amide bonds. The normalized spacial score (nSPS) is 20.2. The summed E-state index contributed by atoms with van der Waals surface area (Å²) >= 11 is 0. The van der Waals surface area contributed by atoms with Gasteiger partial charge >= 0.3 is 0 Å². The Hall–Kier alpha value is -2.42. The van der Waals surface area contributed by atoms with E-state index in [1.807, 2.05) is 12.4 Å². The molecule has 108 valence electrons. The number of rotatable bonds is 4. The summed E-state index contributed by atoms with van der Waals surface area (Å²) in [5, 5.41) is 8.04. The largest absolute Gasteiger partial charge is 0.365 e. The molecule has 0 spiro atoms. The first-order valence-corrected chi connectivity index (χ1v) is 7.45. The minimum Gasteiger partial charge on any atom is -0.365 e. The fraction of sp³-hybridized carbons (Fsp3) is 0.222. The molecule has 0 aliphatic carbocycles. The third kappa shape index (κ3) is 2.87. The van der Waals surface area contributed by atoms with Gasteiger partial charge in [-0.1, -0.05) is 25.1 Å². The highest BCUT2D eigenvalue weighted by atomic mass is 14.9. The number of H-pyrrole nitrogens is 1. The minimum absolute atomic E-state index is 0.493. The fourth-order valence-electron chi connectivity index (χ4n) is 2.63. The first-order chi connectivity index (χ1) is 10.3. The lowest BCUT2D eigenvalue weighted by Gasteiger charge is -2.12. The molecule has 0 bridgehead atoms. The lowest BCUT2D eigenvalue weighted by atomic mass is 10.0. The predicted molar refractivity (Wildman–Crippen MR) is 89.8 cm³/mol. The third-order valence-corrected chi connectivity index (χ3v) is 3.88. The van der Waals surface area contributed by atoms with Crippen molar-refractivity contribution in [3.63, 3.8) is 0 Å². The van der Waals surface area contributed by atoms with E-state index in [-0.39, 0.29) is 0 Å². The molecule has 21 heavy (non-hydrogen) atoms. The van der Waals surface area contributed by atoms with Crippen molar-refractivity contribution >= 4 is 16.6 Å². The van der Waals surface area contributed by atoms with Crippen LogP contribution in [-0.2, 0) is 0 Å². The molecule has 1 atom stereocenters. The van der Waals surface area contributed by atoms with E-state index in [2.05, 4.69) is 72.0 Å². The van der Waals surface area contributed by atoms with E-state index in [1.54, 1.807) is 0 Å². The molecule has 1 aliphatic rings. The molecule has 0 fully saturated rings. The summed E-state index contributed by atoms with van der Waals surface area (Å²) in [4.78, 5) is 3.24. The van der Waals surface area contributed by atoms with E-state index in [0.717, 1.165) is 23.3 Å². The van der Waals surface area contributed by atoms with Crippen molar-refractivity contribution in [1.29, 1.82) is 0 Å². The summed E-state index contributed by atoms with van der Waals surface area (Å²) < 4.78 is 0. The second kappa shape index (κ2) is 5.92. The van der Waals surface area contributed by atoms with Gasteiger partial charge in [0, 0.05) is 34.7 Å². The minimum atomic E-state index is 0.493. The SMILES string of the molecule is C/C=C(\C=C1\NC=CC1CC)Nc1ccc2cc[nH]c2c1. The summed E-state index contributed by atoms with van der Waals surface area (Å²) in [6.07, 6.45) is 11.6. The molecular formula is C18H21N3. The Morgan fingerprint density at radius 2 is 2.24 bits per heavy atom. The van der Waals surface area contributed by atoms with E-state index in [4.69, 9.17) is 0 Å². The van der Waals surface area contributed by atoms with Crippen molar-refractivity contribution in [3.05, 3.63) is 66.3 Å². The lowest BCUT2D eigenvalue weighted by Crippen LogP contribution is -2.08. The van der Waals surface area contributed by atoms with Gasteiger partial charge in [0.25, 0.3) is 0 Å². The van der Waals surface area contributed by atoms with Gasteiger partial charge < -0.3 is 15.6 Å². The molecule has 0 saturated carbocycles. The molecule has 0 radical (unpaired) electrons. The van der Waals surface area contributed by atoms with Crippen LogP contribution in [0.5, 0.6) is 0 Å². The van der Waals surface area contributed by atoms with E-state index in [1.165, 1.54) is 11.1 Å². The van der Waals surface area contributed by atoms with Crippen LogP contribution in [0.25, 0.3) is 10.9 Å². The number of benzene rings is 1. The quantitative estimate of drug-likeness (QED) is 0.770. The van der Waals surface area contributed by atoms with Crippen LogP contribution in [0.15, 0.2) is 66.3 Å². The van der Waals surface area contributed by atoms with Gasteiger partial charge in [0.05, 0.1) is 0 Å². The van der Waals surface area contributed by atoms with Gasteiger partial charge in [-0.05, 0) is 49.2 Å². The molecule has 1 aliphatic heterocycles. The molecule has 3 nitrogen and oxygen atoms in total. The van der Waals surface area contributed by atoms with Crippen LogP contribution in [0.1, 0.15) is 20.3 Å². The third-order valence-electron chi connectivity index (χ3n) is 3.88. The first kappa shape index (κ1) is 13.6. The molecule has 3 N–H and O–H groups in total. The van der Waals surface area contributed by atoms with Crippen molar-refractivity contribution in [3.8, 4) is 0 Å². The molecule has 1 aromatic carbocycles. The Morgan fingerprint density at radius 3 is 3.05 bits per heavy atom. The molecule has 3 rings (SSSR count). The number of allylic oxidation sites excluding steroid dienone is 3. The summed E-state index contributed by atoms with van der Waals surface area (Å²) in [5.74, 6) is 0.493. The van der Waals surface area contributed by atoms with Crippen molar-refractivity contribution < 1.29 is 0 Å². The fourth-order valence-corrected chi connectivity index (χ4v) is 2.63. The van der Waals surface area contributed by atoms with Crippen LogP contribution in [0.4, 0.5) is 5.69 Å². The Labute approximate surface area is 125 Å². The van der Waals surface area contributed by atoms with Gasteiger partial charge in [-0.15, -0.1) is 0 Å². The summed E-state index contributed by atoms with van der Waals surface area (Å²) in [6.45, 7) is 4.26. The number of hydrogen-bond acceptors (Lipinski definition) is 2. The van der Waals surface area contributed by atoms with Crippen LogP contribution in [0, 0.1) is 5.92 Å². The molecule has 2 aromatic rings. The number of aromatic amines is 1. The number of aromatic nitrogens is 1. The zero-order chi connectivity index (χ0) is 14.7. The van der Waals surface area contributed by atoms with Gasteiger partial charge in [-0.3, -0.25) is 0 Å². The topological polar surface area (TPSA) is 39.8 Å². The maximum absolute atomic E-state index is 3.48. The van der Waals surface area contributed by atoms with Crippen molar-refractivity contribution in [2.45, 2.75) is 20.3 Å². The Morgan fingerprint density at radius 1 is 1.33 bits per heavy atom. The monoisotopic (exact) mass is 279 g/mol. The maximum Gasteiger partial charge on any atom is 0.0474 e. The molecule has 1 unspecified atom stereocenters. The van der Waals surface area contributed by atoms with E-state index < -0.39 is 0 Å². The summed E-state index contributed by atoms with van der Waals surface area (Å²) in [5.41, 5.74) is 4.59. The van der Waals surface area contributed by atoms with Gasteiger partial charge in [0.2, 0.25) is 0 Å². The lowest BCUT2D eigenvalue weighted by molar-refractivity contribution is 0.721. The number of nitrogens with one attached hydrogen (secondary N) is 3. The average molecular weight is 279 g/mol. The van der Waals surface area contributed by atoms with Gasteiger partial charge in [0.1, 0.15) is 0 Å². The number of anilines is 1. The summed E-state index contributed by atoms with van der Waals surface area (Å²) in [7, 11) is 0. The smallest absolute Gasteiger partial charge is 0.0474 e. The van der Waals surface area contributed by atoms with Crippen LogP contribution < -0.4 is 10.6 Å². The van der Waals surface area contributed by atoms with Crippen molar-refractivity contribution in [1.82, 2.24) is 10.3 Å². The van der Waals surface area contributed by atoms with Crippen LogP contribution in [0.3, 0.4) is 0 Å². The zero-order valence-corrected chi connectivity index (χ0v) is 12.5. The number of fused-ring (bicyclic) bond motifs is 1. The Kier molecular flexibility index (Phi) is 3.82. The average Bonchev–Trinajstić information content (AvgIpc) is 3.14. The molecule has 1 aromatic heterocycles. The van der Waals surface area contributed by atoms with Gasteiger partial charge in [0.15, 0.2) is 0 Å². The second-order valence-corrected chi connectivity index (χ2v) is 5.27. The molecule has 3 heteroatoms. The molecule has 2 heterocycles. The highest BCUT2D eigenvalue weighted by Gasteiger charge is 2.13. The zero-order valence-electron chi connectivity index (χ0n) is 12.5. The Balaban J connectivity index is 1.80. The maximum atomic E-state index is 3.48. The predicted octanol–water partition coefficient (Wildman–Crippen LogP) is 4.51. The summed E-state index contributed by atoms with van der Waals surface area (Å²) in [6, 6.07) is 8.45. The van der Waals surface area contributed by atoms with Crippen LogP contribution in [0.2, 0.25) is 0 Å². The van der Waals surface area contributed by atoms with Gasteiger partial charge in [-0.2, -0.15) is 0 Å². The van der Waals surface area contributed by atoms with Crippen LogP contribution >= 0.6 is 0 Å². The standard InChI is InChI=1S/C18H21N3/c1-3-13-7-9-19-17(13)11-15(4-2)21-16-6-5-14-8-10-20-18(14)12-16/h4-13,19-21H,3H2,1-2H3/b15-4+,17-11+. The molecule has 0 saturated heterocycles. The van der Waals surface area contributed by atoms with Gasteiger partial charge in [-0.25, -0.2) is 0 Å². The first-order valence-electron chi connectivity index (χ1n) is 7.45. The van der Waals surface area contributed by atoms with Crippen LogP contribution in [-0.4, -0.2) is 4.98 Å². The number of hydrogen-bond donors (Lipinski definition) is 3. The molecular weight excluding hydrogens is 258 g/mol.